The summed E-state index contributed by atoms with van der Waals surface area (Å²) >= 11 is 0. The standard InChI is InChI=1S/C28H24N4O2/c1-17-25-26(19-6-5-13-29-16-19)27-23(30-28(25)32(31-17)21-7-3-2-4-8-21)14-20(15-24(27)34)18-9-11-22(33)12-10-18/h2-13,16,20,26,30,33H,14-15H2,1H3/t20-,26-/m1/s1. The zero-order valence-corrected chi connectivity index (χ0v) is 18.8. The minimum atomic E-state index is -0.217. The number of hydrogen-bond donors (Lipinski definition) is 2. The predicted octanol–water partition coefficient (Wildman–Crippen LogP) is 5.24. The Hall–Kier alpha value is -4.19. The van der Waals surface area contributed by atoms with Crippen LogP contribution in [0.3, 0.4) is 0 Å². The molecule has 2 N–H and O–H groups in total. The fourth-order valence-electron chi connectivity index (χ4n) is 5.29. The second-order valence-corrected chi connectivity index (χ2v) is 8.95. The van der Waals surface area contributed by atoms with Crippen molar-refractivity contribution in [1.29, 1.82) is 0 Å². The highest BCUT2D eigenvalue weighted by Gasteiger charge is 2.41. The van der Waals surface area contributed by atoms with Gasteiger partial charge in [0.2, 0.25) is 0 Å². The Morgan fingerprint density at radius 3 is 2.50 bits per heavy atom. The number of carbonyl (C=O) groups is 1. The number of nitrogens with zero attached hydrogens (tertiary/aromatic N) is 3. The Morgan fingerprint density at radius 1 is 0.971 bits per heavy atom. The Labute approximate surface area is 197 Å². The van der Waals surface area contributed by atoms with Crippen LogP contribution in [0.1, 0.15) is 47.1 Å². The molecule has 4 aromatic rings. The second kappa shape index (κ2) is 7.99. The van der Waals surface area contributed by atoms with E-state index in [9.17, 15) is 9.90 Å². The maximum atomic E-state index is 13.7. The molecule has 0 bridgehead atoms. The molecular weight excluding hydrogens is 424 g/mol. The lowest BCUT2D eigenvalue weighted by Gasteiger charge is -2.35. The van der Waals surface area contributed by atoms with Crippen molar-refractivity contribution in [2.24, 2.45) is 0 Å². The highest BCUT2D eigenvalue weighted by molar-refractivity contribution is 6.01. The lowest BCUT2D eigenvalue weighted by molar-refractivity contribution is -0.116. The zero-order valence-electron chi connectivity index (χ0n) is 18.8. The maximum absolute atomic E-state index is 13.7. The van der Waals surface area contributed by atoms with E-state index >= 15 is 0 Å². The molecule has 0 spiro atoms. The van der Waals surface area contributed by atoms with E-state index in [4.69, 9.17) is 5.10 Å². The summed E-state index contributed by atoms with van der Waals surface area (Å²) in [5, 5.41) is 18.2. The molecule has 0 fully saturated rings. The van der Waals surface area contributed by atoms with Gasteiger partial charge in [0.1, 0.15) is 11.6 Å². The van der Waals surface area contributed by atoms with Crippen molar-refractivity contribution >= 4 is 11.6 Å². The van der Waals surface area contributed by atoms with Crippen molar-refractivity contribution in [1.82, 2.24) is 14.8 Å². The van der Waals surface area contributed by atoms with E-state index in [1.54, 1.807) is 18.3 Å². The Balaban J connectivity index is 1.51. The SMILES string of the molecule is Cc1nn(-c2ccccc2)c2c1[C@@H](c1cccnc1)C1=C(C[C@@H](c3ccc(O)cc3)CC1=O)N2. The molecule has 0 unspecified atom stereocenters. The molecule has 1 aliphatic carbocycles. The minimum Gasteiger partial charge on any atom is -0.508 e. The first kappa shape index (κ1) is 20.4. The van der Waals surface area contributed by atoms with Crippen LogP contribution < -0.4 is 5.32 Å². The fourth-order valence-corrected chi connectivity index (χ4v) is 5.29. The van der Waals surface area contributed by atoms with E-state index in [1.807, 2.05) is 72.4 Å². The van der Waals surface area contributed by atoms with Gasteiger partial charge in [-0.3, -0.25) is 9.78 Å². The number of anilines is 1. The summed E-state index contributed by atoms with van der Waals surface area (Å²) in [6.45, 7) is 2.00. The van der Waals surface area contributed by atoms with Gasteiger partial charge in [0.05, 0.1) is 11.4 Å². The summed E-state index contributed by atoms with van der Waals surface area (Å²) in [7, 11) is 0. The van der Waals surface area contributed by atoms with Crippen LogP contribution in [0.2, 0.25) is 0 Å². The third kappa shape index (κ3) is 3.30. The molecule has 34 heavy (non-hydrogen) atoms. The van der Waals surface area contributed by atoms with Crippen LogP contribution in [0.25, 0.3) is 5.69 Å². The molecule has 2 aromatic carbocycles. The molecule has 2 aliphatic rings. The van der Waals surface area contributed by atoms with Crippen molar-refractivity contribution in [2.45, 2.75) is 31.6 Å². The first-order valence-electron chi connectivity index (χ1n) is 11.5. The second-order valence-electron chi connectivity index (χ2n) is 8.95. The Bertz CT molecular complexity index is 1410. The zero-order chi connectivity index (χ0) is 23.2. The quantitative estimate of drug-likeness (QED) is 0.448. The topological polar surface area (TPSA) is 80.0 Å². The summed E-state index contributed by atoms with van der Waals surface area (Å²) in [6.07, 6.45) is 4.75. The number of phenols is 1. The summed E-state index contributed by atoms with van der Waals surface area (Å²) in [5.74, 6) is 1.09. The van der Waals surface area contributed by atoms with E-state index in [2.05, 4.69) is 10.3 Å². The van der Waals surface area contributed by atoms with Crippen molar-refractivity contribution in [3.05, 3.63) is 113 Å². The number of nitrogens with one attached hydrogen (secondary N) is 1. The number of rotatable bonds is 3. The summed E-state index contributed by atoms with van der Waals surface area (Å²) in [4.78, 5) is 18.0. The molecular formula is C28H24N4O2. The Morgan fingerprint density at radius 2 is 1.76 bits per heavy atom. The molecule has 0 radical (unpaired) electrons. The normalized spacial score (nSPS) is 19.4. The van der Waals surface area contributed by atoms with Crippen LogP contribution in [0, 0.1) is 6.92 Å². The van der Waals surface area contributed by atoms with Gasteiger partial charge < -0.3 is 10.4 Å². The van der Waals surface area contributed by atoms with Gasteiger partial charge in [-0.25, -0.2) is 4.68 Å². The van der Waals surface area contributed by atoms with Gasteiger partial charge in [-0.2, -0.15) is 5.10 Å². The van der Waals surface area contributed by atoms with Crippen LogP contribution in [0.5, 0.6) is 5.75 Å². The third-order valence-electron chi connectivity index (χ3n) is 6.84. The number of para-hydroxylation sites is 1. The molecule has 3 heterocycles. The number of hydrogen-bond acceptors (Lipinski definition) is 5. The molecule has 2 aromatic heterocycles. The number of aryl methyl sites for hydroxylation is 1. The molecule has 2 atom stereocenters. The molecule has 1 aliphatic heterocycles. The summed E-state index contributed by atoms with van der Waals surface area (Å²) < 4.78 is 1.94. The highest BCUT2D eigenvalue weighted by Crippen LogP contribution is 2.49. The number of carbonyl (C=O) groups excluding carboxylic acids is 1. The smallest absolute Gasteiger partial charge is 0.162 e. The number of fused-ring (bicyclic) bond motifs is 1. The molecule has 168 valence electrons. The van der Waals surface area contributed by atoms with Crippen molar-refractivity contribution in [3.8, 4) is 11.4 Å². The summed E-state index contributed by atoms with van der Waals surface area (Å²) in [5.41, 5.74) is 6.66. The lowest BCUT2D eigenvalue weighted by atomic mass is 9.72. The largest absolute Gasteiger partial charge is 0.508 e. The minimum absolute atomic E-state index is 0.0460. The van der Waals surface area contributed by atoms with Crippen molar-refractivity contribution in [3.63, 3.8) is 0 Å². The van der Waals surface area contributed by atoms with Crippen LogP contribution in [-0.4, -0.2) is 25.7 Å². The van der Waals surface area contributed by atoms with Crippen LogP contribution in [0.15, 0.2) is 90.4 Å². The molecule has 6 nitrogen and oxygen atoms in total. The third-order valence-corrected chi connectivity index (χ3v) is 6.84. The molecule has 0 saturated heterocycles. The predicted molar refractivity (Wildman–Crippen MR) is 130 cm³/mol. The van der Waals surface area contributed by atoms with Crippen LogP contribution in [-0.2, 0) is 4.79 Å². The van der Waals surface area contributed by atoms with E-state index in [0.717, 1.165) is 45.2 Å². The first-order valence-corrected chi connectivity index (χ1v) is 11.5. The number of aromatic nitrogens is 3. The lowest BCUT2D eigenvalue weighted by Crippen LogP contribution is -2.30. The molecule has 6 heteroatoms. The number of allylic oxidation sites excluding steroid dienone is 2. The molecule has 0 amide bonds. The van der Waals surface area contributed by atoms with Gasteiger partial charge >= 0.3 is 0 Å². The highest BCUT2D eigenvalue weighted by atomic mass is 16.3. The van der Waals surface area contributed by atoms with Gasteiger partial charge in [-0.05, 0) is 60.7 Å². The van der Waals surface area contributed by atoms with Crippen molar-refractivity contribution in [2.75, 3.05) is 5.32 Å². The summed E-state index contributed by atoms with van der Waals surface area (Å²) in [6, 6.07) is 21.2. The fraction of sp³-hybridized carbons (Fsp3) is 0.179. The van der Waals surface area contributed by atoms with E-state index in [0.29, 0.717) is 12.8 Å². The first-order chi connectivity index (χ1) is 16.6. The van der Waals surface area contributed by atoms with E-state index in [1.165, 1.54) is 0 Å². The average Bonchev–Trinajstić information content (AvgIpc) is 3.20. The van der Waals surface area contributed by atoms with E-state index < -0.39 is 0 Å². The van der Waals surface area contributed by atoms with Gasteiger partial charge in [0.25, 0.3) is 0 Å². The number of Topliss-reactive ketones (excluding diaryl/α,β-unsaturated/α-hetero) is 1. The number of benzene rings is 2. The maximum Gasteiger partial charge on any atom is 0.162 e. The van der Waals surface area contributed by atoms with Gasteiger partial charge in [-0.1, -0.05) is 36.4 Å². The van der Waals surface area contributed by atoms with Crippen LogP contribution in [0.4, 0.5) is 5.82 Å². The number of pyridine rings is 1. The number of phenolic OH excluding ortho intramolecular Hbond substituents is 1. The van der Waals surface area contributed by atoms with Gasteiger partial charge in [0.15, 0.2) is 5.78 Å². The average molecular weight is 449 g/mol. The monoisotopic (exact) mass is 448 g/mol. The number of aromatic hydroxyl groups is 1. The Kier molecular flexibility index (Phi) is 4.80. The molecule has 0 saturated carbocycles. The van der Waals surface area contributed by atoms with Crippen LogP contribution >= 0.6 is 0 Å². The van der Waals surface area contributed by atoms with Crippen molar-refractivity contribution < 1.29 is 9.90 Å². The van der Waals surface area contributed by atoms with E-state index in [-0.39, 0.29) is 23.4 Å². The molecule has 6 rings (SSSR count). The van der Waals surface area contributed by atoms with Gasteiger partial charge in [-0.15, -0.1) is 0 Å². The number of ketones is 1. The van der Waals surface area contributed by atoms with Gasteiger partial charge in [0, 0.05) is 41.6 Å².